The monoisotopic (exact) mass is 351 g/mol. The van der Waals surface area contributed by atoms with Crippen LogP contribution in [-0.2, 0) is 16.0 Å². The van der Waals surface area contributed by atoms with Gasteiger partial charge >= 0.3 is 0 Å². The predicted octanol–water partition coefficient (Wildman–Crippen LogP) is -0.844. The van der Waals surface area contributed by atoms with Crippen molar-refractivity contribution in [2.75, 3.05) is 0 Å². The van der Waals surface area contributed by atoms with Crippen LogP contribution in [0, 0.1) is 5.41 Å². The summed E-state index contributed by atoms with van der Waals surface area (Å²) >= 11 is 0. The van der Waals surface area contributed by atoms with Crippen LogP contribution < -0.4 is 5.32 Å². The summed E-state index contributed by atoms with van der Waals surface area (Å²) in [4.78, 5) is 24.1. The van der Waals surface area contributed by atoms with Crippen molar-refractivity contribution in [2.24, 2.45) is 5.41 Å². The first-order chi connectivity index (χ1) is 11.5. The number of ketones is 1. The summed E-state index contributed by atoms with van der Waals surface area (Å²) in [6.07, 6.45) is -4.72. The van der Waals surface area contributed by atoms with E-state index >= 15 is 0 Å². The van der Waals surface area contributed by atoms with Crippen LogP contribution in [0.3, 0.4) is 0 Å². The number of hydrogen-bond acceptors (Lipinski definition) is 6. The zero-order chi connectivity index (χ0) is 19.0. The van der Waals surface area contributed by atoms with E-state index in [2.05, 4.69) is 5.32 Å². The quantitative estimate of drug-likeness (QED) is 0.455. The second kappa shape index (κ2) is 6.84. The zero-order valence-electron chi connectivity index (χ0n) is 14.5. The Labute approximate surface area is 146 Å². The van der Waals surface area contributed by atoms with E-state index in [0.29, 0.717) is 5.56 Å². The highest BCUT2D eigenvalue weighted by Gasteiger charge is 2.71. The van der Waals surface area contributed by atoms with Gasteiger partial charge in [-0.15, -0.1) is 0 Å². The van der Waals surface area contributed by atoms with E-state index in [4.69, 9.17) is 0 Å². The van der Waals surface area contributed by atoms with Crippen LogP contribution in [0.4, 0.5) is 0 Å². The van der Waals surface area contributed by atoms with Crippen LogP contribution in [0.25, 0.3) is 0 Å². The Morgan fingerprint density at radius 3 is 2.20 bits per heavy atom. The van der Waals surface area contributed by atoms with Crippen LogP contribution in [0.1, 0.15) is 26.3 Å². The number of benzene rings is 1. The SMILES string of the molecule is CC(=O)N[C@@H](C(=O)Cc1ccccc1)[C@@H](O)[C@]1(O)[C@H](O)C(O)C1(C)C. The molecule has 0 radical (unpaired) electrons. The molecule has 0 aromatic heterocycles. The molecule has 25 heavy (non-hydrogen) atoms. The minimum atomic E-state index is -2.13. The van der Waals surface area contributed by atoms with Gasteiger partial charge in [0.15, 0.2) is 5.78 Å². The molecule has 138 valence electrons. The number of carbonyl (C=O) groups excluding carboxylic acids is 2. The molecule has 0 aliphatic heterocycles. The molecule has 1 aliphatic carbocycles. The van der Waals surface area contributed by atoms with E-state index < -0.39 is 47.1 Å². The lowest BCUT2D eigenvalue weighted by Gasteiger charge is -2.62. The lowest BCUT2D eigenvalue weighted by molar-refractivity contribution is -0.333. The average Bonchev–Trinajstić information content (AvgIpc) is 2.57. The Bertz CT molecular complexity index is 646. The molecule has 1 aliphatic rings. The first-order valence-electron chi connectivity index (χ1n) is 8.13. The van der Waals surface area contributed by atoms with E-state index in [-0.39, 0.29) is 6.42 Å². The molecule has 5 atom stereocenters. The van der Waals surface area contributed by atoms with Crippen molar-refractivity contribution in [1.29, 1.82) is 0 Å². The van der Waals surface area contributed by atoms with Gasteiger partial charge in [0.2, 0.25) is 5.91 Å². The Balaban J connectivity index is 2.28. The maximum atomic E-state index is 12.6. The summed E-state index contributed by atoms with van der Waals surface area (Å²) in [6, 6.07) is 7.37. The number of rotatable bonds is 6. The van der Waals surface area contributed by atoms with Gasteiger partial charge in [-0.05, 0) is 5.56 Å². The second-order valence-corrected chi connectivity index (χ2v) is 7.19. The Morgan fingerprint density at radius 2 is 1.72 bits per heavy atom. The molecule has 1 saturated carbocycles. The Kier molecular flexibility index (Phi) is 5.34. The Morgan fingerprint density at radius 1 is 1.16 bits per heavy atom. The van der Waals surface area contributed by atoms with Crippen molar-refractivity contribution in [1.82, 2.24) is 5.32 Å². The Hall–Kier alpha value is -1.80. The highest BCUT2D eigenvalue weighted by Crippen LogP contribution is 2.52. The molecule has 7 nitrogen and oxygen atoms in total. The van der Waals surface area contributed by atoms with E-state index in [0.717, 1.165) is 0 Å². The summed E-state index contributed by atoms with van der Waals surface area (Å²) in [6.45, 7) is 4.14. The van der Waals surface area contributed by atoms with Gasteiger partial charge in [0.05, 0.1) is 6.10 Å². The van der Waals surface area contributed by atoms with E-state index in [1.165, 1.54) is 20.8 Å². The third kappa shape index (κ3) is 3.20. The zero-order valence-corrected chi connectivity index (χ0v) is 14.5. The fourth-order valence-corrected chi connectivity index (χ4v) is 3.43. The maximum absolute atomic E-state index is 12.6. The van der Waals surface area contributed by atoms with Crippen molar-refractivity contribution >= 4 is 11.7 Å². The molecule has 7 heteroatoms. The largest absolute Gasteiger partial charge is 0.390 e. The molecule has 5 N–H and O–H groups in total. The molecule has 1 aromatic carbocycles. The van der Waals surface area contributed by atoms with Crippen LogP contribution in [-0.4, -0.2) is 62.1 Å². The topological polar surface area (TPSA) is 127 Å². The molecule has 1 fully saturated rings. The molecule has 0 saturated heterocycles. The van der Waals surface area contributed by atoms with Crippen molar-refractivity contribution in [2.45, 2.75) is 57.1 Å². The van der Waals surface area contributed by atoms with Gasteiger partial charge in [-0.25, -0.2) is 0 Å². The molecule has 0 spiro atoms. The summed E-state index contributed by atoms with van der Waals surface area (Å²) < 4.78 is 0. The summed E-state index contributed by atoms with van der Waals surface area (Å²) in [5, 5.41) is 43.7. The average molecular weight is 351 g/mol. The van der Waals surface area contributed by atoms with Crippen molar-refractivity contribution in [3.8, 4) is 0 Å². The minimum absolute atomic E-state index is 0.0575. The van der Waals surface area contributed by atoms with Gasteiger partial charge in [-0.2, -0.15) is 0 Å². The van der Waals surface area contributed by atoms with Crippen LogP contribution in [0.2, 0.25) is 0 Å². The summed E-state index contributed by atoms with van der Waals surface area (Å²) in [5.41, 5.74) is -2.70. The van der Waals surface area contributed by atoms with E-state index in [9.17, 15) is 30.0 Å². The maximum Gasteiger partial charge on any atom is 0.217 e. The van der Waals surface area contributed by atoms with E-state index in [1.54, 1.807) is 30.3 Å². The molecule has 2 rings (SSSR count). The normalized spacial score (nSPS) is 30.0. The molecular weight excluding hydrogens is 326 g/mol. The summed E-state index contributed by atoms with van der Waals surface area (Å²) in [5.74, 6) is -1.06. The number of carbonyl (C=O) groups is 2. The molecule has 1 unspecified atom stereocenters. The highest BCUT2D eigenvalue weighted by atomic mass is 16.4. The van der Waals surface area contributed by atoms with Gasteiger partial charge in [0.1, 0.15) is 23.9 Å². The van der Waals surface area contributed by atoms with Crippen LogP contribution in [0.15, 0.2) is 30.3 Å². The first-order valence-corrected chi connectivity index (χ1v) is 8.13. The van der Waals surface area contributed by atoms with Crippen LogP contribution in [0.5, 0.6) is 0 Å². The number of aliphatic hydroxyl groups excluding tert-OH is 3. The number of nitrogens with one attached hydrogen (secondary N) is 1. The third-order valence-corrected chi connectivity index (χ3v) is 5.22. The predicted molar refractivity (Wildman–Crippen MR) is 89.5 cm³/mol. The van der Waals surface area contributed by atoms with Crippen molar-refractivity contribution in [3.05, 3.63) is 35.9 Å². The smallest absolute Gasteiger partial charge is 0.217 e. The number of amides is 1. The highest BCUT2D eigenvalue weighted by molar-refractivity contribution is 5.90. The fraction of sp³-hybridized carbons (Fsp3) is 0.556. The standard InChI is InChI=1S/C18H25NO6/c1-10(20)19-13(12(21)9-11-7-5-4-6-8-11)14(22)18(25)16(24)15(23)17(18,2)3/h4-8,13-16,22-25H,9H2,1-3H3,(H,19,20)/t13-,14+,15?,16+,18-/m0/s1. The lowest BCUT2D eigenvalue weighted by atomic mass is 9.51. The number of aliphatic hydroxyl groups is 4. The molecule has 1 amide bonds. The number of hydrogen-bond donors (Lipinski definition) is 5. The first kappa shape index (κ1) is 19.5. The molecule has 0 heterocycles. The number of Topliss-reactive ketones (excluding diaryl/α,β-unsaturated/α-hetero) is 1. The van der Waals surface area contributed by atoms with Gasteiger partial charge in [-0.3, -0.25) is 9.59 Å². The fourth-order valence-electron chi connectivity index (χ4n) is 3.43. The lowest BCUT2D eigenvalue weighted by Crippen LogP contribution is -2.82. The van der Waals surface area contributed by atoms with Gasteiger partial charge < -0.3 is 25.7 Å². The van der Waals surface area contributed by atoms with Gasteiger partial charge in [-0.1, -0.05) is 44.2 Å². The van der Waals surface area contributed by atoms with Crippen LogP contribution >= 0.6 is 0 Å². The molecular formula is C18H25NO6. The second-order valence-electron chi connectivity index (χ2n) is 7.19. The molecule has 0 bridgehead atoms. The van der Waals surface area contributed by atoms with Gasteiger partial charge in [0.25, 0.3) is 0 Å². The van der Waals surface area contributed by atoms with Crippen molar-refractivity contribution in [3.63, 3.8) is 0 Å². The summed E-state index contributed by atoms with van der Waals surface area (Å²) in [7, 11) is 0. The molecule has 1 aromatic rings. The third-order valence-electron chi connectivity index (χ3n) is 5.22. The van der Waals surface area contributed by atoms with E-state index in [1.807, 2.05) is 0 Å². The van der Waals surface area contributed by atoms with Gasteiger partial charge in [0, 0.05) is 18.8 Å². The minimum Gasteiger partial charge on any atom is -0.390 e. The van der Waals surface area contributed by atoms with Crippen molar-refractivity contribution < 1.29 is 30.0 Å².